The van der Waals surface area contributed by atoms with Crippen molar-refractivity contribution in [3.8, 4) is 0 Å². The lowest BCUT2D eigenvalue weighted by Gasteiger charge is -2.18. The van der Waals surface area contributed by atoms with Crippen LogP contribution < -0.4 is 0 Å². The molecule has 0 aliphatic rings. The van der Waals surface area contributed by atoms with Crippen molar-refractivity contribution in [2.75, 3.05) is 13.2 Å². The maximum Gasteiger partial charge on any atom is 0.306 e. The van der Waals surface area contributed by atoms with Crippen molar-refractivity contribution in [2.24, 2.45) is 0 Å². The first-order valence-corrected chi connectivity index (χ1v) is 31.9. The molecule has 0 aliphatic carbocycles. The number of unbranched alkanes of at least 4 members (excludes halogenated alkanes) is 28. The molecule has 0 bridgehead atoms. The first kappa shape index (κ1) is 72.1. The van der Waals surface area contributed by atoms with Crippen LogP contribution in [0.15, 0.2) is 109 Å². The van der Waals surface area contributed by atoms with Gasteiger partial charge in [-0.3, -0.25) is 14.4 Å². The average molecular weight is 1060 g/mol. The molecule has 1 atom stereocenters. The highest BCUT2D eigenvalue weighted by Gasteiger charge is 2.19. The Morgan fingerprint density at radius 2 is 0.513 bits per heavy atom. The quantitative estimate of drug-likeness (QED) is 0.0261. The van der Waals surface area contributed by atoms with Gasteiger partial charge in [0.1, 0.15) is 13.2 Å². The average Bonchev–Trinajstić information content (AvgIpc) is 3.42. The van der Waals surface area contributed by atoms with Crippen molar-refractivity contribution in [3.05, 3.63) is 109 Å². The van der Waals surface area contributed by atoms with E-state index in [0.29, 0.717) is 19.3 Å². The third-order valence-corrected chi connectivity index (χ3v) is 13.5. The summed E-state index contributed by atoms with van der Waals surface area (Å²) < 4.78 is 16.8. The van der Waals surface area contributed by atoms with Crippen LogP contribution in [0.2, 0.25) is 0 Å². The monoisotopic (exact) mass is 1050 g/mol. The summed E-state index contributed by atoms with van der Waals surface area (Å²) in [6.07, 6.45) is 87.1. The first-order chi connectivity index (χ1) is 37.5. The third-order valence-electron chi connectivity index (χ3n) is 13.5. The van der Waals surface area contributed by atoms with E-state index in [1.54, 1.807) is 0 Å². The fourth-order valence-electron chi connectivity index (χ4n) is 8.78. The van der Waals surface area contributed by atoms with Crippen LogP contribution in [0.4, 0.5) is 0 Å². The molecule has 0 spiro atoms. The van der Waals surface area contributed by atoms with Crippen LogP contribution in [0.25, 0.3) is 0 Å². The second-order valence-electron chi connectivity index (χ2n) is 20.9. The van der Waals surface area contributed by atoms with Gasteiger partial charge in [-0.15, -0.1) is 0 Å². The number of rotatable bonds is 57. The minimum atomic E-state index is -0.794. The summed E-state index contributed by atoms with van der Waals surface area (Å²) in [6.45, 7) is 6.33. The Balaban J connectivity index is 4.04. The molecule has 0 amide bonds. The summed E-state index contributed by atoms with van der Waals surface area (Å²) in [4.78, 5) is 38.1. The molecular weight excluding hydrogens is 937 g/mol. The lowest BCUT2D eigenvalue weighted by Crippen LogP contribution is -2.30. The van der Waals surface area contributed by atoms with E-state index in [9.17, 15) is 14.4 Å². The lowest BCUT2D eigenvalue weighted by molar-refractivity contribution is -0.167. The Morgan fingerprint density at radius 1 is 0.276 bits per heavy atom. The van der Waals surface area contributed by atoms with Crippen molar-refractivity contribution in [1.29, 1.82) is 0 Å². The van der Waals surface area contributed by atoms with Crippen molar-refractivity contribution >= 4 is 17.9 Å². The summed E-state index contributed by atoms with van der Waals surface area (Å²) in [5, 5.41) is 0. The van der Waals surface area contributed by atoms with Gasteiger partial charge in [-0.25, -0.2) is 0 Å². The van der Waals surface area contributed by atoms with Crippen molar-refractivity contribution < 1.29 is 28.6 Å². The Hall–Kier alpha value is -3.93. The van der Waals surface area contributed by atoms with Crippen molar-refractivity contribution in [2.45, 2.75) is 303 Å². The molecule has 0 aromatic rings. The fourth-order valence-corrected chi connectivity index (χ4v) is 8.78. The first-order valence-electron chi connectivity index (χ1n) is 31.9. The molecule has 0 aliphatic heterocycles. The molecule has 0 aromatic heterocycles. The Labute approximate surface area is 470 Å². The largest absolute Gasteiger partial charge is 0.462 e. The SMILES string of the molecule is CC/C=C\C/C=C\C/C=C\C/C=C\C/C=C\CCCCCCCCCCCCCCCCCCCCCC(=O)OCC(COC(=O)CCCCCCC/C=C\CCC)OC(=O)CCCCC/C=C\C/C=C\C/C=C\CC. The summed E-state index contributed by atoms with van der Waals surface area (Å²) >= 11 is 0. The van der Waals surface area contributed by atoms with Gasteiger partial charge in [0.25, 0.3) is 0 Å². The van der Waals surface area contributed by atoms with Gasteiger partial charge < -0.3 is 14.2 Å². The van der Waals surface area contributed by atoms with Crippen LogP contribution in [-0.2, 0) is 28.6 Å². The number of ether oxygens (including phenoxy) is 3. The molecule has 6 nitrogen and oxygen atoms in total. The van der Waals surface area contributed by atoms with Crippen LogP contribution >= 0.6 is 0 Å². The predicted molar refractivity (Wildman–Crippen MR) is 330 cm³/mol. The molecule has 0 saturated heterocycles. The van der Waals surface area contributed by atoms with E-state index in [1.807, 2.05) is 0 Å². The fraction of sp³-hybridized carbons (Fsp3) is 0.700. The number of carbonyl (C=O) groups excluding carboxylic acids is 3. The van der Waals surface area contributed by atoms with E-state index in [0.717, 1.165) is 135 Å². The summed E-state index contributed by atoms with van der Waals surface area (Å²) in [5.41, 5.74) is 0. The minimum Gasteiger partial charge on any atom is -0.462 e. The highest BCUT2D eigenvalue weighted by molar-refractivity contribution is 5.71. The number of esters is 3. The molecule has 0 saturated carbocycles. The van der Waals surface area contributed by atoms with E-state index < -0.39 is 6.10 Å². The molecule has 0 radical (unpaired) electrons. The molecule has 0 fully saturated rings. The number of hydrogen-bond acceptors (Lipinski definition) is 6. The van der Waals surface area contributed by atoms with E-state index in [1.165, 1.54) is 122 Å². The van der Waals surface area contributed by atoms with E-state index in [4.69, 9.17) is 14.2 Å². The lowest BCUT2D eigenvalue weighted by atomic mass is 10.0. The third kappa shape index (κ3) is 60.9. The normalized spacial score (nSPS) is 12.8. The summed E-state index contributed by atoms with van der Waals surface area (Å²) in [6, 6.07) is 0. The summed E-state index contributed by atoms with van der Waals surface area (Å²) in [5.74, 6) is -0.926. The molecule has 0 aromatic carbocycles. The van der Waals surface area contributed by atoms with Gasteiger partial charge in [-0.1, -0.05) is 271 Å². The van der Waals surface area contributed by atoms with E-state index >= 15 is 0 Å². The van der Waals surface area contributed by atoms with Crippen LogP contribution in [0.5, 0.6) is 0 Å². The number of allylic oxidation sites excluding steroid dienone is 18. The van der Waals surface area contributed by atoms with Gasteiger partial charge in [-0.2, -0.15) is 0 Å². The van der Waals surface area contributed by atoms with Crippen LogP contribution in [0.1, 0.15) is 297 Å². The zero-order valence-corrected chi connectivity index (χ0v) is 49.7. The molecular formula is C70H118O6. The second kappa shape index (κ2) is 63.6. The van der Waals surface area contributed by atoms with Gasteiger partial charge in [0.05, 0.1) is 0 Å². The molecule has 0 heterocycles. The molecule has 6 heteroatoms. The molecule has 76 heavy (non-hydrogen) atoms. The summed E-state index contributed by atoms with van der Waals surface area (Å²) in [7, 11) is 0. The highest BCUT2D eigenvalue weighted by Crippen LogP contribution is 2.17. The molecule has 434 valence electrons. The molecule has 1 unspecified atom stereocenters. The highest BCUT2D eigenvalue weighted by atomic mass is 16.6. The van der Waals surface area contributed by atoms with Gasteiger partial charge in [-0.05, 0) is 116 Å². The topological polar surface area (TPSA) is 78.9 Å². The molecule has 0 rings (SSSR count). The van der Waals surface area contributed by atoms with Crippen LogP contribution in [0.3, 0.4) is 0 Å². The number of carbonyl (C=O) groups is 3. The smallest absolute Gasteiger partial charge is 0.306 e. The predicted octanol–water partition coefficient (Wildman–Crippen LogP) is 21.8. The van der Waals surface area contributed by atoms with E-state index in [2.05, 4.69) is 130 Å². The van der Waals surface area contributed by atoms with Crippen LogP contribution in [0, 0.1) is 0 Å². The second-order valence-corrected chi connectivity index (χ2v) is 20.9. The minimum absolute atomic E-state index is 0.0903. The maximum atomic E-state index is 12.8. The standard InChI is InChI=1S/C70H118O6/c1-4-7-10-13-16-19-22-24-25-26-27-28-29-30-31-32-33-34-35-36-37-38-39-40-41-42-43-44-45-47-48-51-54-57-60-63-69(72)75-66-67(65-74-68(71)62-59-56-53-50-21-18-15-12-9-6-3)76-70(73)64-61-58-55-52-49-46-23-20-17-14-11-8-5-2/h7-8,10-12,15-17,19-20,24-25,27-28,30-31,46,49,67H,4-6,9,13-14,18,21-23,26,29,32-45,47-48,50-66H2,1-3H3/b10-7-,11-8-,15-12-,19-16-,20-17-,25-24-,28-27-,31-30-,49-46-. The van der Waals surface area contributed by atoms with Gasteiger partial charge in [0, 0.05) is 19.3 Å². The van der Waals surface area contributed by atoms with Crippen molar-refractivity contribution in [3.63, 3.8) is 0 Å². The zero-order valence-electron chi connectivity index (χ0n) is 49.7. The van der Waals surface area contributed by atoms with E-state index in [-0.39, 0.29) is 31.1 Å². The Bertz CT molecular complexity index is 1540. The van der Waals surface area contributed by atoms with Crippen LogP contribution in [-0.4, -0.2) is 37.2 Å². The maximum absolute atomic E-state index is 12.8. The van der Waals surface area contributed by atoms with Crippen molar-refractivity contribution in [1.82, 2.24) is 0 Å². The Kier molecular flexibility index (Phi) is 60.3. The van der Waals surface area contributed by atoms with Gasteiger partial charge in [0.15, 0.2) is 6.10 Å². The number of hydrogen-bond donors (Lipinski definition) is 0. The van der Waals surface area contributed by atoms with Gasteiger partial charge in [0.2, 0.25) is 0 Å². The zero-order chi connectivity index (χ0) is 55.0. The molecule has 0 N–H and O–H groups in total. The Morgan fingerprint density at radius 3 is 0.829 bits per heavy atom. The van der Waals surface area contributed by atoms with Gasteiger partial charge >= 0.3 is 17.9 Å².